The number of carbonyl (C=O) groups is 1. The number of hydrogen-bond donors (Lipinski definition) is 2. The molecular formula is C14H17NO4. The van der Waals surface area contributed by atoms with E-state index in [2.05, 4.69) is 5.32 Å². The largest absolute Gasteiger partial charge is 0.495 e. The van der Waals surface area contributed by atoms with E-state index in [4.69, 9.17) is 9.47 Å². The summed E-state index contributed by atoms with van der Waals surface area (Å²) in [7, 11) is 1.60. The van der Waals surface area contributed by atoms with Crippen LogP contribution in [-0.4, -0.2) is 37.4 Å². The van der Waals surface area contributed by atoms with Gasteiger partial charge in [-0.3, -0.25) is 4.79 Å². The molecule has 0 radical (unpaired) electrons. The quantitative estimate of drug-likeness (QED) is 0.850. The van der Waals surface area contributed by atoms with Gasteiger partial charge in [-0.15, -0.1) is 0 Å². The molecule has 3 atom stereocenters. The summed E-state index contributed by atoms with van der Waals surface area (Å²) in [6.07, 6.45) is 0.825. The van der Waals surface area contributed by atoms with Gasteiger partial charge in [0.25, 0.3) is 0 Å². The Morgan fingerprint density at radius 1 is 1.53 bits per heavy atom. The van der Waals surface area contributed by atoms with Crippen molar-refractivity contribution in [1.82, 2.24) is 0 Å². The Kier molecular flexibility index (Phi) is 3.06. The predicted molar refractivity (Wildman–Crippen MR) is 69.7 cm³/mol. The van der Waals surface area contributed by atoms with Crippen molar-refractivity contribution in [2.45, 2.75) is 18.4 Å². The molecule has 1 aromatic rings. The van der Waals surface area contributed by atoms with Crippen LogP contribution in [0.2, 0.25) is 0 Å². The second-order valence-corrected chi connectivity index (χ2v) is 5.02. The molecule has 0 aliphatic carbocycles. The summed E-state index contributed by atoms with van der Waals surface area (Å²) >= 11 is 0. The Morgan fingerprint density at radius 3 is 3.11 bits per heavy atom. The van der Waals surface area contributed by atoms with E-state index in [1.807, 2.05) is 18.2 Å². The number of para-hydroxylation sites is 1. The van der Waals surface area contributed by atoms with Crippen LogP contribution in [-0.2, 0) is 9.53 Å². The van der Waals surface area contributed by atoms with E-state index in [1.54, 1.807) is 7.11 Å². The first kappa shape index (κ1) is 12.3. The lowest BCUT2D eigenvalue weighted by molar-refractivity contribution is -0.142. The van der Waals surface area contributed by atoms with Crippen molar-refractivity contribution in [3.63, 3.8) is 0 Å². The summed E-state index contributed by atoms with van der Waals surface area (Å²) in [6, 6.07) is 5.68. The van der Waals surface area contributed by atoms with Crippen LogP contribution in [0.3, 0.4) is 0 Å². The van der Waals surface area contributed by atoms with Crippen LogP contribution in [0.15, 0.2) is 18.2 Å². The molecule has 102 valence electrons. The molecule has 0 amide bonds. The van der Waals surface area contributed by atoms with Crippen molar-refractivity contribution >= 4 is 11.7 Å². The predicted octanol–water partition coefficient (Wildman–Crippen LogP) is 1.69. The molecule has 5 nitrogen and oxygen atoms in total. The van der Waals surface area contributed by atoms with Crippen LogP contribution < -0.4 is 10.1 Å². The molecule has 2 heterocycles. The minimum atomic E-state index is -0.795. The minimum Gasteiger partial charge on any atom is -0.495 e. The fraction of sp³-hybridized carbons (Fsp3) is 0.500. The molecule has 5 heteroatoms. The fourth-order valence-electron chi connectivity index (χ4n) is 3.13. The third-order valence-corrected chi connectivity index (χ3v) is 4.04. The van der Waals surface area contributed by atoms with Gasteiger partial charge < -0.3 is 19.9 Å². The molecule has 2 N–H and O–H groups in total. The van der Waals surface area contributed by atoms with E-state index < -0.39 is 11.9 Å². The van der Waals surface area contributed by atoms with E-state index in [-0.39, 0.29) is 12.0 Å². The van der Waals surface area contributed by atoms with Crippen LogP contribution in [0.4, 0.5) is 5.69 Å². The van der Waals surface area contributed by atoms with Gasteiger partial charge in [0.2, 0.25) is 0 Å². The minimum absolute atomic E-state index is 0.0224. The van der Waals surface area contributed by atoms with Crippen LogP contribution >= 0.6 is 0 Å². The van der Waals surface area contributed by atoms with Crippen LogP contribution in [0.5, 0.6) is 5.75 Å². The topological polar surface area (TPSA) is 67.8 Å². The number of hydrogen-bond acceptors (Lipinski definition) is 4. The molecule has 19 heavy (non-hydrogen) atoms. The highest BCUT2D eigenvalue weighted by Gasteiger charge is 2.43. The maximum atomic E-state index is 11.6. The summed E-state index contributed by atoms with van der Waals surface area (Å²) in [6.45, 7) is 1.16. The fourth-order valence-corrected chi connectivity index (χ4v) is 3.13. The van der Waals surface area contributed by atoms with Crippen LogP contribution in [0.1, 0.15) is 17.9 Å². The molecule has 3 unspecified atom stereocenters. The van der Waals surface area contributed by atoms with E-state index in [1.165, 1.54) is 0 Å². The highest BCUT2D eigenvalue weighted by atomic mass is 16.5. The summed E-state index contributed by atoms with van der Waals surface area (Å²) in [5.74, 6) is -0.646. The van der Waals surface area contributed by atoms with Crippen molar-refractivity contribution in [3.8, 4) is 5.75 Å². The van der Waals surface area contributed by atoms with E-state index in [9.17, 15) is 9.90 Å². The molecule has 3 rings (SSSR count). The number of carboxylic acid groups (broad SMARTS) is 1. The Hall–Kier alpha value is -1.75. The zero-order chi connectivity index (χ0) is 13.4. The second-order valence-electron chi connectivity index (χ2n) is 5.02. The standard InChI is InChI=1S/C14H17NO4/c1-18-11-4-2-3-8-12(14(16)17)9-7-19-6-5-10(9)15-13(8)11/h2-4,9-10,12,15H,5-7H2,1H3,(H,16,17). The average Bonchev–Trinajstić information content (AvgIpc) is 2.43. The number of rotatable bonds is 2. The number of aliphatic carboxylic acids is 1. The number of anilines is 1. The van der Waals surface area contributed by atoms with Crippen LogP contribution in [0, 0.1) is 5.92 Å². The average molecular weight is 263 g/mol. The number of methoxy groups -OCH3 is 1. The summed E-state index contributed by atoms with van der Waals surface area (Å²) < 4.78 is 10.8. The van der Waals surface area contributed by atoms with Crippen molar-refractivity contribution in [3.05, 3.63) is 23.8 Å². The summed E-state index contributed by atoms with van der Waals surface area (Å²) in [5, 5.41) is 13.0. The monoisotopic (exact) mass is 263 g/mol. The maximum absolute atomic E-state index is 11.6. The van der Waals surface area contributed by atoms with E-state index >= 15 is 0 Å². The molecular weight excluding hydrogens is 246 g/mol. The number of benzene rings is 1. The SMILES string of the molecule is COc1cccc2c1NC1CCOCC1C2C(=O)O. The molecule has 2 aliphatic rings. The molecule has 0 saturated carbocycles. The lowest BCUT2D eigenvalue weighted by atomic mass is 9.76. The highest BCUT2D eigenvalue weighted by Crippen LogP contribution is 2.44. The Labute approximate surface area is 111 Å². The van der Waals surface area contributed by atoms with Gasteiger partial charge in [-0.2, -0.15) is 0 Å². The number of carboxylic acids is 1. The zero-order valence-corrected chi connectivity index (χ0v) is 10.8. The molecule has 0 spiro atoms. The van der Waals surface area contributed by atoms with Gasteiger partial charge in [-0.1, -0.05) is 12.1 Å². The lowest BCUT2D eigenvalue weighted by Crippen LogP contribution is -2.46. The summed E-state index contributed by atoms with van der Waals surface area (Å²) in [5.41, 5.74) is 1.61. The van der Waals surface area contributed by atoms with Crippen molar-refractivity contribution in [1.29, 1.82) is 0 Å². The number of ether oxygens (including phenoxy) is 2. The molecule has 2 aliphatic heterocycles. The smallest absolute Gasteiger partial charge is 0.311 e. The molecule has 1 fully saturated rings. The highest BCUT2D eigenvalue weighted by molar-refractivity contribution is 5.82. The maximum Gasteiger partial charge on any atom is 0.311 e. The van der Waals surface area contributed by atoms with Gasteiger partial charge in [0.1, 0.15) is 5.75 Å². The van der Waals surface area contributed by atoms with Crippen molar-refractivity contribution < 1.29 is 19.4 Å². The lowest BCUT2D eigenvalue weighted by Gasteiger charge is -2.41. The Balaban J connectivity index is 2.09. The van der Waals surface area contributed by atoms with Gasteiger partial charge in [-0.05, 0) is 18.1 Å². The molecule has 0 bridgehead atoms. The third-order valence-electron chi connectivity index (χ3n) is 4.04. The number of fused-ring (bicyclic) bond motifs is 2. The van der Waals surface area contributed by atoms with Gasteiger partial charge in [-0.25, -0.2) is 0 Å². The summed E-state index contributed by atoms with van der Waals surface area (Å²) in [4.78, 5) is 11.6. The van der Waals surface area contributed by atoms with Gasteiger partial charge >= 0.3 is 5.97 Å². The molecule has 1 saturated heterocycles. The van der Waals surface area contributed by atoms with Gasteiger partial charge in [0.15, 0.2) is 0 Å². The van der Waals surface area contributed by atoms with Crippen molar-refractivity contribution in [2.24, 2.45) is 5.92 Å². The number of nitrogens with one attached hydrogen (secondary N) is 1. The van der Waals surface area contributed by atoms with Gasteiger partial charge in [0.05, 0.1) is 25.3 Å². The first-order valence-corrected chi connectivity index (χ1v) is 6.46. The van der Waals surface area contributed by atoms with Crippen molar-refractivity contribution in [2.75, 3.05) is 25.6 Å². The Bertz CT molecular complexity index is 502. The first-order chi connectivity index (χ1) is 9.22. The van der Waals surface area contributed by atoms with Crippen LogP contribution in [0.25, 0.3) is 0 Å². The molecule has 1 aromatic carbocycles. The first-order valence-electron chi connectivity index (χ1n) is 6.46. The molecule has 0 aromatic heterocycles. The van der Waals surface area contributed by atoms with E-state index in [0.29, 0.717) is 19.0 Å². The van der Waals surface area contributed by atoms with E-state index in [0.717, 1.165) is 17.7 Å². The third kappa shape index (κ3) is 1.94. The normalized spacial score (nSPS) is 28.8. The zero-order valence-electron chi connectivity index (χ0n) is 10.8. The Morgan fingerprint density at radius 2 is 2.37 bits per heavy atom. The second kappa shape index (κ2) is 4.74. The van der Waals surface area contributed by atoms with Gasteiger partial charge in [0, 0.05) is 18.6 Å².